The van der Waals surface area contributed by atoms with Crippen LogP contribution in [0.3, 0.4) is 0 Å². The lowest BCUT2D eigenvalue weighted by molar-refractivity contribution is -0.144. The normalized spacial score (nSPS) is 65.1. The Morgan fingerprint density at radius 2 is 1.00 bits per heavy atom. The van der Waals surface area contributed by atoms with Crippen LogP contribution in [0.1, 0.15) is 104 Å². The first kappa shape index (κ1) is 16.8. The molecule has 2 heteroatoms. The van der Waals surface area contributed by atoms with Crippen molar-refractivity contribution in [1.29, 1.82) is 0 Å². The first-order valence-electron chi connectivity index (χ1n) is 11.6. The molecule has 8 rings (SSSR count). The molecular formula is C24H40N2. The second-order valence-electron chi connectivity index (χ2n) is 13.9. The second-order valence-corrected chi connectivity index (χ2v) is 13.9. The molecule has 0 aliphatic heterocycles. The fourth-order valence-corrected chi connectivity index (χ4v) is 11.5. The van der Waals surface area contributed by atoms with Crippen LogP contribution in [-0.4, -0.2) is 11.1 Å². The van der Waals surface area contributed by atoms with E-state index in [1.165, 1.54) is 89.9 Å². The molecule has 4 N–H and O–H groups in total. The molecule has 8 aliphatic carbocycles. The highest BCUT2D eigenvalue weighted by Crippen LogP contribution is 2.70. The van der Waals surface area contributed by atoms with Crippen LogP contribution in [0.4, 0.5) is 0 Å². The summed E-state index contributed by atoms with van der Waals surface area (Å²) in [6, 6.07) is 0. The molecule has 0 spiro atoms. The predicted octanol–water partition coefficient (Wildman–Crippen LogP) is 5.14. The van der Waals surface area contributed by atoms with Crippen LogP contribution in [-0.2, 0) is 0 Å². The van der Waals surface area contributed by atoms with Crippen LogP contribution < -0.4 is 11.5 Å². The van der Waals surface area contributed by atoms with Gasteiger partial charge in [-0.25, -0.2) is 0 Å². The molecule has 8 saturated carbocycles. The van der Waals surface area contributed by atoms with E-state index in [-0.39, 0.29) is 11.1 Å². The van der Waals surface area contributed by atoms with Gasteiger partial charge in [-0.15, -0.1) is 0 Å². The zero-order valence-electron chi connectivity index (χ0n) is 17.2. The van der Waals surface area contributed by atoms with Crippen molar-refractivity contribution in [1.82, 2.24) is 0 Å². The lowest BCUT2D eigenvalue weighted by Crippen LogP contribution is -2.64. The third-order valence-electron chi connectivity index (χ3n) is 10.2. The minimum Gasteiger partial charge on any atom is -0.325 e. The van der Waals surface area contributed by atoms with E-state index in [0.29, 0.717) is 21.7 Å². The van der Waals surface area contributed by atoms with Crippen LogP contribution in [0, 0.1) is 33.5 Å². The highest BCUT2D eigenvalue weighted by Gasteiger charge is 2.63. The quantitative estimate of drug-likeness (QED) is 0.735. The molecule has 8 bridgehead atoms. The first-order valence-corrected chi connectivity index (χ1v) is 11.6. The van der Waals surface area contributed by atoms with Gasteiger partial charge in [0.25, 0.3) is 0 Å². The Hall–Kier alpha value is -0.0800. The molecule has 0 aromatic carbocycles. The average molecular weight is 357 g/mol. The minimum absolute atomic E-state index is 0.177. The molecule has 0 heterocycles. The van der Waals surface area contributed by atoms with Gasteiger partial charge >= 0.3 is 0 Å². The largest absolute Gasteiger partial charge is 0.325 e. The Balaban J connectivity index is 1.26. The summed E-state index contributed by atoms with van der Waals surface area (Å²) in [5.41, 5.74) is 16.5. The van der Waals surface area contributed by atoms with E-state index in [1.54, 1.807) is 0 Å². The zero-order valence-corrected chi connectivity index (χ0v) is 17.2. The molecule has 2 nitrogen and oxygen atoms in total. The molecule has 146 valence electrons. The molecule has 0 aromatic rings. The summed E-state index contributed by atoms with van der Waals surface area (Å²) in [6.07, 6.45) is 19.7. The summed E-state index contributed by atoms with van der Waals surface area (Å²) in [6.45, 7) is 5.13. The average Bonchev–Trinajstić information content (AvgIpc) is 2.37. The third-order valence-corrected chi connectivity index (χ3v) is 10.2. The topological polar surface area (TPSA) is 52.0 Å². The predicted molar refractivity (Wildman–Crippen MR) is 107 cm³/mol. The lowest BCUT2D eigenvalue weighted by Gasteiger charge is -2.68. The minimum atomic E-state index is 0.177. The number of nitrogens with two attached hydrogens (primary N) is 2. The first-order chi connectivity index (χ1) is 12.0. The fourth-order valence-electron chi connectivity index (χ4n) is 11.5. The van der Waals surface area contributed by atoms with E-state index >= 15 is 0 Å². The van der Waals surface area contributed by atoms with E-state index in [1.807, 2.05) is 0 Å². The monoisotopic (exact) mass is 356 g/mol. The van der Waals surface area contributed by atoms with Crippen molar-refractivity contribution < 1.29 is 0 Å². The highest BCUT2D eigenvalue weighted by molar-refractivity contribution is 5.17. The molecular weight excluding hydrogens is 316 g/mol. The van der Waals surface area contributed by atoms with E-state index < -0.39 is 0 Å². The summed E-state index contributed by atoms with van der Waals surface area (Å²) >= 11 is 0. The molecule has 0 radical (unpaired) electrons. The van der Waals surface area contributed by atoms with Crippen molar-refractivity contribution in [2.45, 2.75) is 115 Å². The Bertz CT molecular complexity index is 561. The van der Waals surface area contributed by atoms with Crippen LogP contribution in [0.25, 0.3) is 0 Å². The molecule has 26 heavy (non-hydrogen) atoms. The Labute approximate surface area is 160 Å². The standard InChI is InChI=1S/C24H40N2/c1-19-5-17-7-21(11-19,15-23(25,9-17)13-19)3-4-22-8-18-6-20(2,12-22)14-24(26,10-18)16-22/h17-18H,3-16,25-26H2,1-2H3. The van der Waals surface area contributed by atoms with Gasteiger partial charge in [0.1, 0.15) is 0 Å². The van der Waals surface area contributed by atoms with Gasteiger partial charge in [-0.05, 0) is 123 Å². The summed E-state index contributed by atoms with van der Waals surface area (Å²) in [5.74, 6) is 1.85. The van der Waals surface area contributed by atoms with Crippen molar-refractivity contribution in [3.8, 4) is 0 Å². The molecule has 8 unspecified atom stereocenters. The van der Waals surface area contributed by atoms with E-state index in [2.05, 4.69) is 13.8 Å². The van der Waals surface area contributed by atoms with Gasteiger partial charge in [0.15, 0.2) is 0 Å². The fraction of sp³-hybridized carbons (Fsp3) is 1.00. The number of hydrogen-bond donors (Lipinski definition) is 2. The molecule has 0 saturated heterocycles. The van der Waals surface area contributed by atoms with E-state index in [4.69, 9.17) is 11.5 Å². The van der Waals surface area contributed by atoms with Gasteiger partial charge in [-0.3, -0.25) is 0 Å². The van der Waals surface area contributed by atoms with Crippen molar-refractivity contribution in [2.75, 3.05) is 0 Å². The molecule has 8 aliphatic rings. The number of rotatable bonds is 3. The number of hydrogen-bond acceptors (Lipinski definition) is 2. The van der Waals surface area contributed by atoms with E-state index in [0.717, 1.165) is 11.8 Å². The van der Waals surface area contributed by atoms with Crippen molar-refractivity contribution in [3.63, 3.8) is 0 Å². The Morgan fingerprint density at radius 1 is 0.577 bits per heavy atom. The van der Waals surface area contributed by atoms with Crippen LogP contribution in [0.5, 0.6) is 0 Å². The van der Waals surface area contributed by atoms with Crippen molar-refractivity contribution in [3.05, 3.63) is 0 Å². The zero-order chi connectivity index (χ0) is 18.1. The Kier molecular flexibility index (Phi) is 2.95. The lowest BCUT2D eigenvalue weighted by atomic mass is 9.39. The van der Waals surface area contributed by atoms with Crippen LogP contribution in [0.2, 0.25) is 0 Å². The maximum Gasteiger partial charge on any atom is 0.0167 e. The van der Waals surface area contributed by atoms with Gasteiger partial charge in [0.2, 0.25) is 0 Å². The van der Waals surface area contributed by atoms with Crippen molar-refractivity contribution in [2.24, 2.45) is 45.0 Å². The second kappa shape index (κ2) is 4.56. The molecule has 8 fully saturated rings. The van der Waals surface area contributed by atoms with Gasteiger partial charge in [-0.1, -0.05) is 13.8 Å². The van der Waals surface area contributed by atoms with Crippen LogP contribution >= 0.6 is 0 Å². The van der Waals surface area contributed by atoms with Gasteiger partial charge in [-0.2, -0.15) is 0 Å². The van der Waals surface area contributed by atoms with E-state index in [9.17, 15) is 0 Å². The molecule has 0 amide bonds. The van der Waals surface area contributed by atoms with Gasteiger partial charge < -0.3 is 11.5 Å². The summed E-state index contributed by atoms with van der Waals surface area (Å²) in [7, 11) is 0. The third kappa shape index (κ3) is 2.36. The Morgan fingerprint density at radius 3 is 1.35 bits per heavy atom. The summed E-state index contributed by atoms with van der Waals surface area (Å²) in [5, 5.41) is 0. The van der Waals surface area contributed by atoms with Gasteiger partial charge in [0, 0.05) is 11.1 Å². The maximum atomic E-state index is 6.95. The SMILES string of the molecule is CC12CC3CC(N)(C1)CC(CCC14CC5CC(C)(CC(N)(C5)C1)C4)(C3)C2. The molecule has 8 atom stereocenters. The maximum absolute atomic E-state index is 6.95. The van der Waals surface area contributed by atoms with Crippen LogP contribution in [0.15, 0.2) is 0 Å². The summed E-state index contributed by atoms with van der Waals surface area (Å²) < 4.78 is 0. The summed E-state index contributed by atoms with van der Waals surface area (Å²) in [4.78, 5) is 0. The smallest absolute Gasteiger partial charge is 0.0167 e. The van der Waals surface area contributed by atoms with Crippen molar-refractivity contribution >= 4 is 0 Å². The molecule has 0 aromatic heterocycles. The van der Waals surface area contributed by atoms with Gasteiger partial charge in [0.05, 0.1) is 0 Å². The highest BCUT2D eigenvalue weighted by atomic mass is 14.8.